The van der Waals surface area contributed by atoms with E-state index in [1.807, 2.05) is 0 Å². The molecule has 0 saturated carbocycles. The lowest BCUT2D eigenvalue weighted by Gasteiger charge is -2.22. The number of nitrogens with two attached hydrogens (primary N) is 1. The second-order valence-electron chi connectivity index (χ2n) is 3.14. The fraction of sp³-hybridized carbons (Fsp3) is 0.750. The Morgan fingerprint density at radius 1 is 1.38 bits per heavy atom. The van der Waals surface area contributed by atoms with Crippen molar-refractivity contribution in [2.24, 2.45) is 5.73 Å². The molecule has 0 aliphatic rings. The average Bonchev–Trinajstić information content (AvgIpc) is 1.99. The molecular weight excluding hydrogens is 174 g/mol. The number of ether oxygens (including phenoxy) is 1. The predicted octanol–water partition coefficient (Wildman–Crippen LogP) is 0.132. The van der Waals surface area contributed by atoms with Crippen molar-refractivity contribution in [3.63, 3.8) is 0 Å². The molecule has 0 bridgehead atoms. The third kappa shape index (κ3) is 4.59. The van der Waals surface area contributed by atoms with Crippen LogP contribution in [0.4, 0.5) is 0 Å². The van der Waals surface area contributed by atoms with Crippen molar-refractivity contribution in [2.75, 3.05) is 6.73 Å². The molecule has 0 radical (unpaired) electrons. The van der Waals surface area contributed by atoms with Crippen LogP contribution in [0.25, 0.3) is 0 Å². The molecule has 0 fully saturated rings. The van der Waals surface area contributed by atoms with Gasteiger partial charge in [-0.25, -0.2) is 0 Å². The van der Waals surface area contributed by atoms with Gasteiger partial charge in [-0.2, -0.15) is 0 Å². The predicted molar refractivity (Wildman–Crippen MR) is 46.1 cm³/mol. The Morgan fingerprint density at radius 3 is 2.31 bits per heavy atom. The zero-order chi connectivity index (χ0) is 10.5. The van der Waals surface area contributed by atoms with Gasteiger partial charge in [0, 0.05) is 6.42 Å². The number of ketones is 1. The van der Waals surface area contributed by atoms with Crippen LogP contribution in [-0.4, -0.2) is 29.2 Å². The van der Waals surface area contributed by atoms with Gasteiger partial charge in [-0.1, -0.05) is 0 Å². The van der Waals surface area contributed by atoms with Crippen molar-refractivity contribution >= 4 is 11.8 Å². The van der Waals surface area contributed by atoms with E-state index in [0.29, 0.717) is 0 Å². The van der Waals surface area contributed by atoms with Gasteiger partial charge in [0.1, 0.15) is 5.60 Å². The van der Waals surface area contributed by atoms with Crippen LogP contribution >= 0.6 is 0 Å². The third-order valence-corrected chi connectivity index (χ3v) is 1.68. The number of carboxylic acid groups (broad SMARTS) is 1. The van der Waals surface area contributed by atoms with E-state index in [1.54, 1.807) is 13.8 Å². The Kier molecular flexibility index (Phi) is 4.58. The molecule has 13 heavy (non-hydrogen) atoms. The van der Waals surface area contributed by atoms with Crippen LogP contribution in [-0.2, 0) is 14.3 Å². The summed E-state index contributed by atoms with van der Waals surface area (Å²) in [4.78, 5) is 21.5. The summed E-state index contributed by atoms with van der Waals surface area (Å²) in [5.74, 6) is -1.24. The zero-order valence-electron chi connectivity index (χ0n) is 7.87. The summed E-state index contributed by atoms with van der Waals surface area (Å²) in [6.07, 6.45) is -0.196. The molecule has 0 aliphatic carbocycles. The summed E-state index contributed by atoms with van der Waals surface area (Å²) in [5, 5.41) is 8.34. The largest absolute Gasteiger partial charge is 0.481 e. The molecule has 0 saturated heterocycles. The van der Waals surface area contributed by atoms with Gasteiger partial charge in [0.25, 0.3) is 0 Å². The number of carboxylic acids is 1. The molecule has 0 heterocycles. The average molecular weight is 189 g/mol. The maximum Gasteiger partial charge on any atom is 0.303 e. The highest BCUT2D eigenvalue weighted by Gasteiger charge is 2.27. The summed E-state index contributed by atoms with van der Waals surface area (Å²) < 4.78 is 4.96. The van der Waals surface area contributed by atoms with Gasteiger partial charge in [-0.15, -0.1) is 0 Å². The molecule has 0 aromatic heterocycles. The fourth-order valence-corrected chi connectivity index (χ4v) is 0.810. The molecule has 5 nitrogen and oxygen atoms in total. The lowest BCUT2D eigenvalue weighted by molar-refractivity contribution is -0.144. The normalized spacial score (nSPS) is 11.3. The van der Waals surface area contributed by atoms with Crippen molar-refractivity contribution in [3.8, 4) is 0 Å². The lowest BCUT2D eigenvalue weighted by atomic mass is 9.99. The molecule has 5 heteroatoms. The first-order valence-electron chi connectivity index (χ1n) is 3.99. The molecule has 0 unspecified atom stereocenters. The van der Waals surface area contributed by atoms with Crippen molar-refractivity contribution < 1.29 is 19.4 Å². The molecule has 0 spiro atoms. The van der Waals surface area contributed by atoms with Gasteiger partial charge in [-0.05, 0) is 13.8 Å². The second kappa shape index (κ2) is 4.94. The van der Waals surface area contributed by atoms with Crippen molar-refractivity contribution in [3.05, 3.63) is 0 Å². The topological polar surface area (TPSA) is 89.6 Å². The van der Waals surface area contributed by atoms with Crippen molar-refractivity contribution in [2.45, 2.75) is 32.3 Å². The summed E-state index contributed by atoms with van der Waals surface area (Å²) >= 11 is 0. The van der Waals surface area contributed by atoms with E-state index < -0.39 is 11.6 Å². The number of Topliss-reactive ketones (excluding diaryl/α,β-unsaturated/α-hetero) is 1. The van der Waals surface area contributed by atoms with Crippen LogP contribution in [0.2, 0.25) is 0 Å². The monoisotopic (exact) mass is 189 g/mol. The maximum atomic E-state index is 11.3. The van der Waals surface area contributed by atoms with E-state index in [0.717, 1.165) is 0 Å². The minimum Gasteiger partial charge on any atom is -0.481 e. The number of aliphatic carboxylic acids is 1. The van der Waals surface area contributed by atoms with Crippen LogP contribution < -0.4 is 5.73 Å². The van der Waals surface area contributed by atoms with Crippen LogP contribution in [0, 0.1) is 0 Å². The molecule has 0 rings (SSSR count). The van der Waals surface area contributed by atoms with E-state index in [1.165, 1.54) is 0 Å². The summed E-state index contributed by atoms with van der Waals surface area (Å²) in [6, 6.07) is 0. The third-order valence-electron chi connectivity index (χ3n) is 1.68. The Labute approximate surface area is 76.9 Å². The lowest BCUT2D eigenvalue weighted by Crippen LogP contribution is -2.37. The smallest absolute Gasteiger partial charge is 0.303 e. The summed E-state index contributed by atoms with van der Waals surface area (Å²) in [5.41, 5.74) is 4.14. The van der Waals surface area contributed by atoms with Gasteiger partial charge in [0.05, 0.1) is 13.2 Å². The van der Waals surface area contributed by atoms with Crippen LogP contribution in [0.3, 0.4) is 0 Å². The summed E-state index contributed by atoms with van der Waals surface area (Å²) in [6.45, 7) is 3.10. The highest BCUT2D eigenvalue weighted by Crippen LogP contribution is 2.13. The van der Waals surface area contributed by atoms with E-state index in [2.05, 4.69) is 0 Å². The van der Waals surface area contributed by atoms with Crippen LogP contribution in [0.15, 0.2) is 0 Å². The molecule has 3 N–H and O–H groups in total. The second-order valence-corrected chi connectivity index (χ2v) is 3.14. The van der Waals surface area contributed by atoms with Crippen molar-refractivity contribution in [1.29, 1.82) is 0 Å². The maximum absolute atomic E-state index is 11.3. The molecule has 0 aliphatic heterocycles. The van der Waals surface area contributed by atoms with E-state index >= 15 is 0 Å². The summed E-state index contributed by atoms with van der Waals surface area (Å²) in [7, 11) is 0. The van der Waals surface area contributed by atoms with E-state index in [9.17, 15) is 9.59 Å². The van der Waals surface area contributed by atoms with Crippen LogP contribution in [0.1, 0.15) is 26.7 Å². The number of hydrogen-bond acceptors (Lipinski definition) is 4. The molecule has 0 aromatic carbocycles. The van der Waals surface area contributed by atoms with Crippen LogP contribution in [0.5, 0.6) is 0 Å². The molecular formula is C8H15NO4. The minimum absolute atomic E-state index is 0.0255. The fourth-order valence-electron chi connectivity index (χ4n) is 0.810. The first kappa shape index (κ1) is 12.1. The Balaban J connectivity index is 4.01. The standard InChI is InChI=1S/C8H15NO4/c1-8(2,13-5-9)6(10)3-4-7(11)12/h3-5,9H2,1-2H3,(H,11,12). The first-order chi connectivity index (χ1) is 5.90. The Bertz CT molecular complexity index is 200. The van der Waals surface area contributed by atoms with Gasteiger partial charge in [0.2, 0.25) is 0 Å². The van der Waals surface area contributed by atoms with Gasteiger partial charge in [-0.3, -0.25) is 9.59 Å². The number of rotatable bonds is 6. The number of carbonyl (C=O) groups is 2. The number of hydrogen-bond donors (Lipinski definition) is 2. The molecule has 76 valence electrons. The van der Waals surface area contributed by atoms with Gasteiger partial charge in [0.15, 0.2) is 5.78 Å². The van der Waals surface area contributed by atoms with Gasteiger partial charge >= 0.3 is 5.97 Å². The highest BCUT2D eigenvalue weighted by molar-refractivity contribution is 5.88. The Hall–Kier alpha value is -0.940. The molecule has 0 atom stereocenters. The minimum atomic E-state index is -0.989. The SMILES string of the molecule is CC(C)(OCN)C(=O)CCC(=O)O. The zero-order valence-corrected chi connectivity index (χ0v) is 7.87. The molecule has 0 amide bonds. The quantitative estimate of drug-likeness (QED) is 0.580. The Morgan fingerprint density at radius 2 is 1.92 bits per heavy atom. The van der Waals surface area contributed by atoms with E-state index in [-0.39, 0.29) is 25.4 Å². The van der Waals surface area contributed by atoms with E-state index in [4.69, 9.17) is 15.6 Å². The van der Waals surface area contributed by atoms with Gasteiger partial charge < -0.3 is 15.6 Å². The highest BCUT2D eigenvalue weighted by atomic mass is 16.5. The first-order valence-corrected chi connectivity index (χ1v) is 3.99. The van der Waals surface area contributed by atoms with Crippen molar-refractivity contribution in [1.82, 2.24) is 0 Å². The molecule has 0 aromatic rings. The number of carbonyl (C=O) groups excluding carboxylic acids is 1.